The molecular formula is C20H24N2O2. The molecule has 0 bridgehead atoms. The van der Waals surface area contributed by atoms with E-state index in [4.69, 9.17) is 4.84 Å². The Morgan fingerprint density at radius 3 is 2.75 bits per heavy atom. The van der Waals surface area contributed by atoms with Crippen molar-refractivity contribution in [2.24, 2.45) is 11.1 Å². The minimum atomic E-state index is -0.199. The molecule has 126 valence electrons. The summed E-state index contributed by atoms with van der Waals surface area (Å²) in [5.41, 5.74) is 1.97. The van der Waals surface area contributed by atoms with Crippen LogP contribution in [0.25, 0.3) is 0 Å². The molecule has 2 aliphatic heterocycles. The zero-order valence-corrected chi connectivity index (χ0v) is 14.0. The molecule has 0 aromatic heterocycles. The first kappa shape index (κ1) is 15.4. The van der Waals surface area contributed by atoms with Crippen molar-refractivity contribution >= 4 is 11.6 Å². The maximum absolute atomic E-state index is 12.5. The third-order valence-electron chi connectivity index (χ3n) is 5.52. The van der Waals surface area contributed by atoms with Crippen LogP contribution in [0.2, 0.25) is 0 Å². The van der Waals surface area contributed by atoms with Crippen LogP contribution in [0.5, 0.6) is 0 Å². The molecule has 1 fully saturated rings. The fourth-order valence-corrected chi connectivity index (χ4v) is 3.96. The maximum Gasteiger partial charge on any atom is 0.223 e. The van der Waals surface area contributed by atoms with Gasteiger partial charge in [-0.1, -0.05) is 47.6 Å². The van der Waals surface area contributed by atoms with Crippen LogP contribution in [0, 0.1) is 5.92 Å². The molecule has 24 heavy (non-hydrogen) atoms. The number of hydrogen-bond donors (Lipinski definition) is 0. The highest BCUT2D eigenvalue weighted by Crippen LogP contribution is 2.36. The SMILES string of the molecule is O=C(CC1C=CCC1)N1CCC2(CC1)CC(c1ccccc1)=NO2. The Labute approximate surface area is 143 Å². The van der Waals surface area contributed by atoms with E-state index in [-0.39, 0.29) is 5.60 Å². The molecule has 1 amide bonds. The molecule has 1 aromatic carbocycles. The van der Waals surface area contributed by atoms with Gasteiger partial charge in [-0.2, -0.15) is 0 Å². The van der Waals surface area contributed by atoms with E-state index in [1.165, 1.54) is 0 Å². The Kier molecular flexibility index (Phi) is 4.13. The van der Waals surface area contributed by atoms with E-state index < -0.39 is 0 Å². The first-order valence-corrected chi connectivity index (χ1v) is 8.99. The van der Waals surface area contributed by atoms with E-state index in [1.54, 1.807) is 0 Å². The van der Waals surface area contributed by atoms with Crippen molar-refractivity contribution in [2.45, 2.75) is 44.1 Å². The molecule has 1 spiro atoms. The molecule has 4 heteroatoms. The number of oxime groups is 1. The highest BCUT2D eigenvalue weighted by Gasteiger charge is 2.43. The number of likely N-dealkylation sites (tertiary alicyclic amines) is 1. The summed E-state index contributed by atoms with van der Waals surface area (Å²) in [4.78, 5) is 20.3. The van der Waals surface area contributed by atoms with E-state index in [2.05, 4.69) is 29.4 Å². The molecule has 0 saturated carbocycles. The first-order chi connectivity index (χ1) is 11.7. The normalized spacial score (nSPS) is 24.9. The fourth-order valence-electron chi connectivity index (χ4n) is 3.96. The number of hydrogen-bond acceptors (Lipinski definition) is 3. The Hall–Kier alpha value is -2.10. The first-order valence-electron chi connectivity index (χ1n) is 8.99. The Morgan fingerprint density at radius 2 is 2.04 bits per heavy atom. The molecule has 0 N–H and O–H groups in total. The van der Waals surface area contributed by atoms with Gasteiger partial charge in [0, 0.05) is 38.8 Å². The van der Waals surface area contributed by atoms with Crippen LogP contribution in [0.3, 0.4) is 0 Å². The van der Waals surface area contributed by atoms with Crippen LogP contribution in [-0.2, 0) is 9.63 Å². The van der Waals surface area contributed by atoms with Gasteiger partial charge >= 0.3 is 0 Å². The molecule has 1 saturated heterocycles. The van der Waals surface area contributed by atoms with Crippen LogP contribution >= 0.6 is 0 Å². The monoisotopic (exact) mass is 324 g/mol. The van der Waals surface area contributed by atoms with Gasteiger partial charge in [-0.05, 0) is 24.3 Å². The average Bonchev–Trinajstić information content (AvgIpc) is 3.27. The summed E-state index contributed by atoms with van der Waals surface area (Å²) in [5.74, 6) is 0.743. The summed E-state index contributed by atoms with van der Waals surface area (Å²) in [5, 5.41) is 4.34. The summed E-state index contributed by atoms with van der Waals surface area (Å²) < 4.78 is 0. The second-order valence-electron chi connectivity index (χ2n) is 7.21. The van der Waals surface area contributed by atoms with Crippen molar-refractivity contribution in [3.63, 3.8) is 0 Å². The number of carbonyl (C=O) groups is 1. The number of benzene rings is 1. The molecule has 1 unspecified atom stereocenters. The highest BCUT2D eigenvalue weighted by atomic mass is 16.7. The summed E-state index contributed by atoms with van der Waals surface area (Å²) in [6.45, 7) is 1.57. The third-order valence-corrected chi connectivity index (χ3v) is 5.52. The van der Waals surface area contributed by atoms with Gasteiger partial charge in [0.25, 0.3) is 0 Å². The van der Waals surface area contributed by atoms with Gasteiger partial charge in [0.15, 0.2) is 0 Å². The molecule has 4 nitrogen and oxygen atoms in total. The predicted molar refractivity (Wildman–Crippen MR) is 93.7 cm³/mol. The van der Waals surface area contributed by atoms with E-state index in [0.29, 0.717) is 18.2 Å². The van der Waals surface area contributed by atoms with Crippen LogP contribution in [0.1, 0.15) is 44.1 Å². The largest absolute Gasteiger partial charge is 0.388 e. The molecule has 3 aliphatic rings. The van der Waals surface area contributed by atoms with E-state index >= 15 is 0 Å². The van der Waals surface area contributed by atoms with Gasteiger partial charge in [0.1, 0.15) is 5.60 Å². The number of carbonyl (C=O) groups excluding carboxylic acids is 1. The Balaban J connectivity index is 1.32. The standard InChI is InChI=1S/C20H24N2O2/c23-19(14-16-6-4-5-7-16)22-12-10-20(11-13-22)15-18(21-24-20)17-8-2-1-3-9-17/h1-4,6,8-9,16H,5,7,10-15H2. The van der Waals surface area contributed by atoms with Crippen molar-refractivity contribution < 1.29 is 9.63 Å². The Bertz CT molecular complexity index is 657. The number of amides is 1. The van der Waals surface area contributed by atoms with Gasteiger partial charge in [0.2, 0.25) is 5.91 Å². The molecule has 4 rings (SSSR count). The van der Waals surface area contributed by atoms with Gasteiger partial charge < -0.3 is 9.74 Å². The Morgan fingerprint density at radius 1 is 1.25 bits per heavy atom. The zero-order chi connectivity index (χ0) is 16.4. The molecule has 1 aromatic rings. The van der Waals surface area contributed by atoms with Gasteiger partial charge in [-0.15, -0.1) is 0 Å². The van der Waals surface area contributed by atoms with Crippen molar-refractivity contribution in [3.05, 3.63) is 48.0 Å². The quantitative estimate of drug-likeness (QED) is 0.798. The summed E-state index contributed by atoms with van der Waals surface area (Å²) in [6.07, 6.45) is 9.90. The van der Waals surface area contributed by atoms with Crippen LogP contribution < -0.4 is 0 Å². The minimum absolute atomic E-state index is 0.199. The lowest BCUT2D eigenvalue weighted by Crippen LogP contribution is -2.47. The van der Waals surface area contributed by atoms with Crippen LogP contribution in [0.15, 0.2) is 47.6 Å². The van der Waals surface area contributed by atoms with Crippen molar-refractivity contribution in [3.8, 4) is 0 Å². The van der Waals surface area contributed by atoms with Crippen LogP contribution in [-0.4, -0.2) is 35.2 Å². The maximum atomic E-state index is 12.5. The minimum Gasteiger partial charge on any atom is -0.388 e. The topological polar surface area (TPSA) is 41.9 Å². The van der Waals surface area contributed by atoms with E-state index in [1.807, 2.05) is 23.1 Å². The average molecular weight is 324 g/mol. The zero-order valence-electron chi connectivity index (χ0n) is 14.0. The van der Waals surface area contributed by atoms with Crippen molar-refractivity contribution in [2.75, 3.05) is 13.1 Å². The second kappa shape index (κ2) is 6.42. The predicted octanol–water partition coefficient (Wildman–Crippen LogP) is 3.53. The number of allylic oxidation sites excluding steroid dienone is 2. The summed E-state index contributed by atoms with van der Waals surface area (Å²) in [7, 11) is 0. The van der Waals surface area contributed by atoms with Gasteiger partial charge in [-0.25, -0.2) is 0 Å². The van der Waals surface area contributed by atoms with Crippen molar-refractivity contribution in [1.82, 2.24) is 4.90 Å². The smallest absolute Gasteiger partial charge is 0.223 e. The molecular weight excluding hydrogens is 300 g/mol. The number of rotatable bonds is 3. The molecule has 1 aliphatic carbocycles. The van der Waals surface area contributed by atoms with Gasteiger partial charge in [0.05, 0.1) is 5.71 Å². The summed E-state index contributed by atoms with van der Waals surface area (Å²) >= 11 is 0. The second-order valence-corrected chi connectivity index (χ2v) is 7.21. The van der Waals surface area contributed by atoms with Crippen molar-refractivity contribution in [1.29, 1.82) is 0 Å². The molecule has 2 heterocycles. The lowest BCUT2D eigenvalue weighted by Gasteiger charge is -2.37. The lowest BCUT2D eigenvalue weighted by atomic mass is 9.85. The molecule has 0 radical (unpaired) electrons. The fraction of sp³-hybridized carbons (Fsp3) is 0.500. The number of nitrogens with zero attached hydrogens (tertiary/aromatic N) is 2. The van der Waals surface area contributed by atoms with Crippen LogP contribution in [0.4, 0.5) is 0 Å². The van der Waals surface area contributed by atoms with E-state index in [0.717, 1.165) is 56.5 Å². The lowest BCUT2D eigenvalue weighted by molar-refractivity contribution is -0.137. The van der Waals surface area contributed by atoms with Gasteiger partial charge in [-0.3, -0.25) is 4.79 Å². The third kappa shape index (κ3) is 3.10. The number of piperidine rings is 1. The highest BCUT2D eigenvalue weighted by molar-refractivity contribution is 6.01. The molecule has 1 atom stereocenters. The summed E-state index contributed by atoms with van der Waals surface area (Å²) in [6, 6.07) is 10.2. The van der Waals surface area contributed by atoms with E-state index in [9.17, 15) is 4.79 Å².